The summed E-state index contributed by atoms with van der Waals surface area (Å²) in [5, 5.41) is 18.0. The number of H-pyrrole nitrogens is 1. The Kier molecular flexibility index (Phi) is 11.3. The molecule has 2 bridgehead atoms. The zero-order valence-corrected chi connectivity index (χ0v) is 41.1. The molecule has 69 heavy (non-hydrogen) atoms. The number of carbonyl (C=O) groups is 4. The van der Waals surface area contributed by atoms with Crippen molar-refractivity contribution in [1.82, 2.24) is 20.1 Å². The lowest BCUT2D eigenvalue weighted by molar-refractivity contribution is -0.228. The summed E-state index contributed by atoms with van der Waals surface area (Å²) in [6.45, 7) is 10.6. The molecule has 6 aliphatic rings. The van der Waals surface area contributed by atoms with Crippen molar-refractivity contribution in [2.45, 2.75) is 106 Å². The van der Waals surface area contributed by atoms with Gasteiger partial charge in [0.2, 0.25) is 5.60 Å². The summed E-state index contributed by atoms with van der Waals surface area (Å²) < 4.78 is 24.3. The van der Waals surface area contributed by atoms with Crippen LogP contribution in [0.4, 0.5) is 11.4 Å². The smallest absolute Gasteiger partial charge is 0.344 e. The summed E-state index contributed by atoms with van der Waals surface area (Å²) in [5.41, 5.74) is 6.59. The van der Waals surface area contributed by atoms with Gasteiger partial charge in [0.05, 0.1) is 32.9 Å². The lowest BCUT2D eigenvalue weighted by Crippen LogP contribution is -2.81. The van der Waals surface area contributed by atoms with Crippen LogP contribution >= 0.6 is 0 Å². The molecule has 15 nitrogen and oxygen atoms in total. The fourth-order valence-corrected chi connectivity index (χ4v) is 14.8. The number of nitrogens with two attached hydrogens (primary N) is 1. The number of nitrogen functional groups attached to an aromatic ring is 1. The molecule has 6 heterocycles. The number of likely N-dealkylation sites (N-methyl/N-ethyl adjacent to an activating group) is 1. The van der Waals surface area contributed by atoms with Crippen LogP contribution in [0.25, 0.3) is 10.9 Å². The lowest BCUT2D eigenvalue weighted by atomic mass is 9.47. The first-order valence-electron chi connectivity index (χ1n) is 24.5. The first kappa shape index (κ1) is 46.8. The lowest BCUT2D eigenvalue weighted by Gasteiger charge is -2.63. The average Bonchev–Trinajstić information content (AvgIpc) is 4.01. The van der Waals surface area contributed by atoms with Gasteiger partial charge in [-0.1, -0.05) is 50.3 Å². The molecule has 3 aromatic carbocycles. The molecule has 5 N–H and O–H groups in total. The van der Waals surface area contributed by atoms with E-state index in [4.69, 9.17) is 24.7 Å². The molecule has 1 aliphatic carbocycles. The normalized spacial score (nSPS) is 33.2. The number of para-hydroxylation sites is 1. The molecule has 15 heteroatoms. The van der Waals surface area contributed by atoms with Crippen molar-refractivity contribution in [3.8, 4) is 5.75 Å². The fraction of sp³-hybridized carbons (Fsp3) is 0.519. The van der Waals surface area contributed by atoms with Crippen molar-refractivity contribution in [2.75, 3.05) is 71.7 Å². The number of nitrogens with one attached hydrogen (secondary N) is 2. The number of carbonyl (C=O) groups excluding carboxylic acids is 4. The van der Waals surface area contributed by atoms with Crippen LogP contribution in [0.5, 0.6) is 5.75 Å². The minimum atomic E-state index is -2.34. The summed E-state index contributed by atoms with van der Waals surface area (Å²) in [6, 6.07) is 16.3. The Labute approximate surface area is 403 Å². The Morgan fingerprint density at radius 3 is 2.41 bits per heavy atom. The zero-order chi connectivity index (χ0) is 49.0. The molecule has 1 saturated carbocycles. The second kappa shape index (κ2) is 16.6. The first-order valence-corrected chi connectivity index (χ1v) is 24.5. The van der Waals surface area contributed by atoms with Gasteiger partial charge in [0.1, 0.15) is 11.2 Å². The number of piperidine rings is 1. The Morgan fingerprint density at radius 2 is 1.71 bits per heavy atom. The molecule has 2 saturated heterocycles. The van der Waals surface area contributed by atoms with Crippen molar-refractivity contribution in [1.29, 1.82) is 0 Å². The van der Waals surface area contributed by atoms with E-state index in [0.717, 1.165) is 39.0 Å². The van der Waals surface area contributed by atoms with E-state index in [1.165, 1.54) is 21.1 Å². The number of ether oxygens (including phenoxy) is 4. The number of esters is 3. The Morgan fingerprint density at radius 1 is 0.942 bits per heavy atom. The number of methoxy groups -OCH3 is 3. The van der Waals surface area contributed by atoms with Crippen molar-refractivity contribution in [2.24, 2.45) is 11.3 Å². The molecule has 0 radical (unpaired) electrons. The minimum absolute atomic E-state index is 0.146. The van der Waals surface area contributed by atoms with Gasteiger partial charge in [0.25, 0.3) is 5.91 Å². The molecule has 5 aliphatic heterocycles. The standard InChI is InChI=1S/C54H66N6O9/c1-9-50(57-44(62)34-17-16-31(3)39(55)24-34)27-33-28-53(48(63)67-7,43-36(18-22-59(29-33)30-50)35-14-11-12-15-40(35)56-43)38-25-37-41(26-42(38)66-6)58(5)46-52(37)20-23-60-21-13-19-51(10-2,45(52)60)47(69-32(4)61)54(46,65)49(64)68-8/h11-17,19,24-26,33,45-47,56,65H,9-10,18,20-23,27-30,55H2,1-8H3,(H,57,62)/t33-,45+,46-,47-,50+,51-,52-,53+,54+/m1/s1. The highest BCUT2D eigenvalue weighted by Gasteiger charge is 2.80. The number of aliphatic hydroxyl groups is 1. The van der Waals surface area contributed by atoms with Gasteiger partial charge in [-0.15, -0.1) is 0 Å². The van der Waals surface area contributed by atoms with Crippen LogP contribution < -0.4 is 20.7 Å². The van der Waals surface area contributed by atoms with E-state index in [9.17, 15) is 19.5 Å². The SMILES string of the molecule is CC[C@]1(NC(=O)c2ccc(C)c(N)c2)C[C@H]2CN(CCc3c([nH]c4ccccc34)[C@@](C(=O)OC)(c3cc4c(cc3OC)N(C)[C@H]3[C@@](O)(C(=O)OC)[C@H](OC(C)=O)[C@]5(CC)C=CCN6CC[C@]43[C@@H]65)C2)C1. The fourth-order valence-electron chi connectivity index (χ4n) is 14.8. The molecule has 1 amide bonds. The maximum atomic E-state index is 15.7. The molecule has 10 atom stereocenters. The van der Waals surface area contributed by atoms with Crippen LogP contribution in [0.1, 0.15) is 91.2 Å². The van der Waals surface area contributed by atoms with Crippen molar-refractivity contribution < 1.29 is 43.2 Å². The van der Waals surface area contributed by atoms with Crippen molar-refractivity contribution in [3.63, 3.8) is 0 Å². The van der Waals surface area contributed by atoms with Gasteiger partial charge in [0, 0.05) is 102 Å². The molecule has 366 valence electrons. The van der Waals surface area contributed by atoms with E-state index in [0.29, 0.717) is 93.8 Å². The predicted molar refractivity (Wildman–Crippen MR) is 261 cm³/mol. The Hall–Kier alpha value is -5.90. The van der Waals surface area contributed by atoms with Gasteiger partial charge in [-0.25, -0.2) is 4.79 Å². The third-order valence-electron chi connectivity index (χ3n) is 17.6. The van der Waals surface area contributed by atoms with E-state index < -0.39 is 57.4 Å². The monoisotopic (exact) mass is 942 g/mol. The van der Waals surface area contributed by atoms with Crippen LogP contribution in [0.15, 0.2) is 66.7 Å². The molecule has 1 spiro atoms. The number of amides is 1. The highest BCUT2D eigenvalue weighted by atomic mass is 16.6. The number of hydrogen-bond donors (Lipinski definition) is 4. The topological polar surface area (TPSA) is 189 Å². The van der Waals surface area contributed by atoms with Gasteiger partial charge in [-0.05, 0) is 98.9 Å². The molecule has 1 aromatic heterocycles. The third-order valence-corrected chi connectivity index (χ3v) is 17.6. The van der Waals surface area contributed by atoms with Gasteiger partial charge < -0.3 is 49.9 Å². The number of hydrogen-bond acceptors (Lipinski definition) is 13. The van der Waals surface area contributed by atoms with Crippen LogP contribution in [0.3, 0.4) is 0 Å². The summed E-state index contributed by atoms with van der Waals surface area (Å²) in [7, 11) is 6.15. The first-order chi connectivity index (χ1) is 33.0. The Balaban J connectivity index is 1.21. The zero-order valence-electron chi connectivity index (χ0n) is 41.1. The maximum absolute atomic E-state index is 15.7. The summed E-state index contributed by atoms with van der Waals surface area (Å²) in [5.74, 6) is -1.88. The van der Waals surface area contributed by atoms with Crippen LogP contribution in [0.2, 0.25) is 0 Å². The summed E-state index contributed by atoms with van der Waals surface area (Å²) in [6.07, 6.45) is 5.92. The molecule has 10 rings (SSSR count). The Bertz CT molecular complexity index is 2810. The van der Waals surface area contributed by atoms with Crippen LogP contribution in [0, 0.1) is 18.3 Å². The van der Waals surface area contributed by atoms with E-state index in [1.807, 2.05) is 68.3 Å². The molecule has 1 unspecified atom stereocenters. The van der Waals surface area contributed by atoms with Crippen molar-refractivity contribution in [3.05, 3.63) is 100 Å². The van der Waals surface area contributed by atoms with Gasteiger partial charge in [-0.2, -0.15) is 0 Å². The molecule has 3 fully saturated rings. The van der Waals surface area contributed by atoms with Crippen molar-refractivity contribution >= 4 is 46.1 Å². The summed E-state index contributed by atoms with van der Waals surface area (Å²) >= 11 is 0. The maximum Gasteiger partial charge on any atom is 0.344 e. The third kappa shape index (κ3) is 6.48. The predicted octanol–water partition coefficient (Wildman–Crippen LogP) is 5.32. The molecule has 4 aromatic rings. The number of rotatable bonds is 9. The van der Waals surface area contributed by atoms with Crippen LogP contribution in [-0.2, 0) is 45.8 Å². The van der Waals surface area contributed by atoms with E-state index in [2.05, 4.69) is 45.2 Å². The number of anilines is 2. The average molecular weight is 943 g/mol. The number of benzene rings is 3. The number of fused-ring (bicyclic) bond motifs is 6. The van der Waals surface area contributed by atoms with Gasteiger partial charge in [-0.3, -0.25) is 19.3 Å². The molecular weight excluding hydrogens is 877 g/mol. The number of aryl methyl sites for hydroxylation is 1. The van der Waals surface area contributed by atoms with E-state index in [1.54, 1.807) is 13.2 Å². The minimum Gasteiger partial charge on any atom is -0.496 e. The van der Waals surface area contributed by atoms with E-state index in [-0.39, 0.29) is 17.9 Å². The quantitative estimate of drug-likeness (QED) is 0.0732. The second-order valence-electron chi connectivity index (χ2n) is 20.8. The van der Waals surface area contributed by atoms with Gasteiger partial charge >= 0.3 is 17.9 Å². The van der Waals surface area contributed by atoms with E-state index >= 15 is 4.79 Å². The summed E-state index contributed by atoms with van der Waals surface area (Å²) in [4.78, 5) is 68.2. The highest BCUT2D eigenvalue weighted by Crippen LogP contribution is 2.68. The van der Waals surface area contributed by atoms with Crippen LogP contribution in [-0.4, -0.2) is 134 Å². The second-order valence-corrected chi connectivity index (χ2v) is 20.8. The number of aromatic amines is 1. The number of nitrogens with zero attached hydrogens (tertiary/aromatic N) is 3. The molecular formula is C54H66N6O9. The number of aromatic nitrogens is 1. The largest absolute Gasteiger partial charge is 0.496 e. The highest BCUT2D eigenvalue weighted by molar-refractivity contribution is 5.96. The van der Waals surface area contributed by atoms with Gasteiger partial charge in [0.15, 0.2) is 6.10 Å².